The summed E-state index contributed by atoms with van der Waals surface area (Å²) in [5.74, 6) is -1.06. The van der Waals surface area contributed by atoms with Crippen LogP contribution in [0.4, 0.5) is 0 Å². The second-order valence-corrected chi connectivity index (χ2v) is 4.95. The number of hydrogen-bond donors (Lipinski definition) is 2. The maximum absolute atomic E-state index is 11.9. The first-order valence-corrected chi connectivity index (χ1v) is 7.18. The fraction of sp³-hybridized carbons (Fsp3) is 0.583. The van der Waals surface area contributed by atoms with Crippen LogP contribution < -0.4 is 5.32 Å². The maximum Gasteiger partial charge on any atom is 0.313 e. The van der Waals surface area contributed by atoms with Crippen molar-refractivity contribution in [3.8, 4) is 0 Å². The fourth-order valence-electron chi connectivity index (χ4n) is 1.73. The molecule has 1 heterocycles. The molecule has 0 radical (unpaired) electrons. The Bertz CT molecular complexity index is 459. The van der Waals surface area contributed by atoms with E-state index in [-0.39, 0.29) is 11.7 Å². The molecule has 0 bridgehead atoms. The van der Waals surface area contributed by atoms with Crippen molar-refractivity contribution < 1.29 is 14.7 Å². The zero-order chi connectivity index (χ0) is 14.4. The van der Waals surface area contributed by atoms with E-state index in [1.807, 2.05) is 13.8 Å². The number of aliphatic carboxylic acids is 1. The predicted octanol–water partition coefficient (Wildman–Crippen LogP) is 1.32. The van der Waals surface area contributed by atoms with Crippen molar-refractivity contribution >= 4 is 23.6 Å². The van der Waals surface area contributed by atoms with Crippen molar-refractivity contribution in [1.82, 2.24) is 14.9 Å². The van der Waals surface area contributed by atoms with E-state index in [1.54, 1.807) is 17.7 Å². The zero-order valence-electron chi connectivity index (χ0n) is 11.3. The molecule has 19 heavy (non-hydrogen) atoms. The fourth-order valence-corrected chi connectivity index (χ4v) is 2.52. The van der Waals surface area contributed by atoms with Gasteiger partial charge in [0.15, 0.2) is 5.16 Å². The number of carboxylic acids is 1. The molecule has 0 spiro atoms. The van der Waals surface area contributed by atoms with Gasteiger partial charge in [0.05, 0.1) is 5.75 Å². The van der Waals surface area contributed by atoms with Gasteiger partial charge in [-0.05, 0) is 20.3 Å². The van der Waals surface area contributed by atoms with E-state index in [9.17, 15) is 9.59 Å². The monoisotopic (exact) mass is 285 g/mol. The van der Waals surface area contributed by atoms with E-state index in [2.05, 4.69) is 10.3 Å². The molecule has 0 fully saturated rings. The van der Waals surface area contributed by atoms with Crippen molar-refractivity contribution in [2.75, 3.05) is 12.3 Å². The van der Waals surface area contributed by atoms with Crippen molar-refractivity contribution in [2.24, 2.45) is 0 Å². The van der Waals surface area contributed by atoms with Crippen LogP contribution in [0.2, 0.25) is 0 Å². The van der Waals surface area contributed by atoms with Crippen LogP contribution in [0.1, 0.15) is 32.5 Å². The first kappa shape index (κ1) is 15.6. The molecule has 6 nitrogen and oxygen atoms in total. The summed E-state index contributed by atoms with van der Waals surface area (Å²) in [6.45, 7) is 6.19. The third kappa shape index (κ3) is 3.99. The SMILES string of the molecule is CCNC(=O)C(C)n1c(CC)cnc1SCC(=O)O. The summed E-state index contributed by atoms with van der Waals surface area (Å²) in [6.07, 6.45) is 2.43. The topological polar surface area (TPSA) is 84.2 Å². The number of carbonyl (C=O) groups excluding carboxylic acids is 1. The average Bonchev–Trinajstić information content (AvgIpc) is 2.78. The van der Waals surface area contributed by atoms with Crippen LogP contribution in [0.3, 0.4) is 0 Å². The number of carboxylic acid groups (broad SMARTS) is 1. The Labute approximate surface area is 116 Å². The van der Waals surface area contributed by atoms with Gasteiger partial charge in [0.2, 0.25) is 5.91 Å². The van der Waals surface area contributed by atoms with Crippen molar-refractivity contribution in [1.29, 1.82) is 0 Å². The molecule has 1 unspecified atom stereocenters. The smallest absolute Gasteiger partial charge is 0.313 e. The van der Waals surface area contributed by atoms with Crippen LogP contribution in [0.25, 0.3) is 0 Å². The number of rotatable bonds is 7. The van der Waals surface area contributed by atoms with Gasteiger partial charge in [-0.1, -0.05) is 18.7 Å². The Morgan fingerprint density at radius 2 is 2.21 bits per heavy atom. The van der Waals surface area contributed by atoms with Gasteiger partial charge in [-0.2, -0.15) is 0 Å². The molecule has 1 aromatic heterocycles. The lowest BCUT2D eigenvalue weighted by Crippen LogP contribution is -2.31. The molecule has 0 aliphatic rings. The number of carbonyl (C=O) groups is 2. The Morgan fingerprint density at radius 1 is 1.53 bits per heavy atom. The largest absolute Gasteiger partial charge is 0.481 e. The molecule has 106 valence electrons. The summed E-state index contributed by atoms with van der Waals surface area (Å²) >= 11 is 1.13. The number of aryl methyl sites for hydroxylation is 1. The van der Waals surface area contributed by atoms with Crippen LogP contribution in [-0.2, 0) is 16.0 Å². The van der Waals surface area contributed by atoms with Crippen LogP contribution in [0, 0.1) is 0 Å². The molecule has 0 aliphatic heterocycles. The zero-order valence-corrected chi connectivity index (χ0v) is 12.2. The van der Waals surface area contributed by atoms with Gasteiger partial charge in [-0.15, -0.1) is 0 Å². The van der Waals surface area contributed by atoms with Gasteiger partial charge in [0.25, 0.3) is 0 Å². The van der Waals surface area contributed by atoms with Gasteiger partial charge in [-0.25, -0.2) is 4.98 Å². The van der Waals surface area contributed by atoms with Crippen molar-refractivity contribution in [3.05, 3.63) is 11.9 Å². The highest BCUT2D eigenvalue weighted by Gasteiger charge is 2.21. The van der Waals surface area contributed by atoms with Gasteiger partial charge in [-0.3, -0.25) is 9.59 Å². The number of imidazole rings is 1. The van der Waals surface area contributed by atoms with Crippen LogP contribution >= 0.6 is 11.8 Å². The summed E-state index contributed by atoms with van der Waals surface area (Å²) in [4.78, 5) is 26.7. The quantitative estimate of drug-likeness (QED) is 0.738. The maximum atomic E-state index is 11.9. The highest BCUT2D eigenvalue weighted by Crippen LogP contribution is 2.23. The number of nitrogens with one attached hydrogen (secondary N) is 1. The average molecular weight is 285 g/mol. The Hall–Kier alpha value is -1.50. The van der Waals surface area contributed by atoms with E-state index in [0.717, 1.165) is 23.9 Å². The molecule has 1 amide bonds. The van der Waals surface area contributed by atoms with E-state index >= 15 is 0 Å². The first-order chi connectivity index (χ1) is 9.01. The molecular weight excluding hydrogens is 266 g/mol. The molecule has 1 aromatic rings. The molecule has 7 heteroatoms. The summed E-state index contributed by atoms with van der Waals surface area (Å²) < 4.78 is 1.80. The van der Waals surface area contributed by atoms with Crippen LogP contribution in [0.5, 0.6) is 0 Å². The minimum absolute atomic E-state index is 0.0672. The Morgan fingerprint density at radius 3 is 2.74 bits per heavy atom. The molecule has 0 saturated carbocycles. The lowest BCUT2D eigenvalue weighted by molar-refractivity contribution is -0.133. The van der Waals surface area contributed by atoms with Gasteiger partial charge in [0, 0.05) is 18.4 Å². The van der Waals surface area contributed by atoms with Gasteiger partial charge < -0.3 is 15.0 Å². The highest BCUT2D eigenvalue weighted by atomic mass is 32.2. The van der Waals surface area contributed by atoms with Crippen molar-refractivity contribution in [2.45, 2.75) is 38.4 Å². The van der Waals surface area contributed by atoms with E-state index in [1.165, 1.54) is 0 Å². The number of amides is 1. The van der Waals surface area contributed by atoms with E-state index in [4.69, 9.17) is 5.11 Å². The normalized spacial score (nSPS) is 12.2. The predicted molar refractivity (Wildman–Crippen MR) is 73.4 cm³/mol. The van der Waals surface area contributed by atoms with Gasteiger partial charge >= 0.3 is 5.97 Å². The van der Waals surface area contributed by atoms with E-state index < -0.39 is 12.0 Å². The minimum Gasteiger partial charge on any atom is -0.481 e. The second kappa shape index (κ2) is 7.18. The molecule has 0 saturated heterocycles. The lowest BCUT2D eigenvalue weighted by Gasteiger charge is -2.17. The number of hydrogen-bond acceptors (Lipinski definition) is 4. The molecule has 0 aliphatic carbocycles. The Kier molecular flexibility index (Phi) is 5.88. The van der Waals surface area contributed by atoms with Gasteiger partial charge in [0.1, 0.15) is 6.04 Å². The summed E-state index contributed by atoms with van der Waals surface area (Å²) in [6, 6.07) is -0.395. The summed E-state index contributed by atoms with van der Waals surface area (Å²) in [5, 5.41) is 12.1. The number of nitrogens with zero attached hydrogens (tertiary/aromatic N) is 2. The van der Waals surface area contributed by atoms with Crippen LogP contribution in [-0.4, -0.2) is 38.8 Å². The Balaban J connectivity index is 2.97. The number of likely N-dealkylation sites (N-methyl/N-ethyl adjacent to an activating group) is 1. The summed E-state index contributed by atoms with van der Waals surface area (Å²) in [5.41, 5.74) is 0.923. The highest BCUT2D eigenvalue weighted by molar-refractivity contribution is 7.99. The molecule has 1 rings (SSSR count). The summed E-state index contributed by atoms with van der Waals surface area (Å²) in [7, 11) is 0. The first-order valence-electron chi connectivity index (χ1n) is 6.19. The second-order valence-electron chi connectivity index (χ2n) is 4.01. The minimum atomic E-state index is -0.900. The molecule has 1 atom stereocenters. The van der Waals surface area contributed by atoms with Crippen molar-refractivity contribution in [3.63, 3.8) is 0 Å². The van der Waals surface area contributed by atoms with Crippen LogP contribution in [0.15, 0.2) is 11.4 Å². The standard InChI is InChI=1S/C12H19N3O3S/c1-4-9-6-14-12(19-7-10(16)17)15(9)8(3)11(18)13-5-2/h6,8H,4-5,7H2,1-3H3,(H,13,18)(H,16,17). The third-order valence-electron chi connectivity index (χ3n) is 2.64. The lowest BCUT2D eigenvalue weighted by atomic mass is 10.2. The molecule has 2 N–H and O–H groups in total. The third-order valence-corrected chi connectivity index (χ3v) is 3.60. The molecule has 0 aromatic carbocycles. The van der Waals surface area contributed by atoms with E-state index in [0.29, 0.717) is 11.7 Å². The number of aromatic nitrogens is 2. The number of thioether (sulfide) groups is 1. The molecular formula is C12H19N3O3S.